The Kier molecular flexibility index (Phi) is 13.1. The number of imidazole rings is 1. The van der Waals surface area contributed by atoms with Crippen molar-refractivity contribution in [1.29, 1.82) is 0 Å². The Bertz CT molecular complexity index is 1780. The monoisotopic (exact) mass is 755 g/mol. The molecule has 0 saturated heterocycles. The number of sulfonamides is 1. The van der Waals surface area contributed by atoms with Crippen LogP contribution in [0.5, 0.6) is 5.75 Å². The van der Waals surface area contributed by atoms with Gasteiger partial charge >= 0.3 is 0 Å². The molecule has 0 bridgehead atoms. The fourth-order valence-electron chi connectivity index (χ4n) is 6.35. The van der Waals surface area contributed by atoms with Crippen LogP contribution in [-0.2, 0) is 21.2 Å². The molecule has 1 N–H and O–H groups in total. The Morgan fingerprint density at radius 2 is 1.78 bits per heavy atom. The standard InChI is InChI=1S/C36H47Cl2F2N4O3S2/c1-8-44(9-2,10-3)17-11-16-42-49(45,46)27-20-30(38)28(31(40)21-27)23-48-35-41-22-34(43(35)32-15-13-26(39)18-24(32)4)36(5,6)25-12-14-29(37)33(19-25)47-7/h12-15,18-22,24,32,42H,8-11,16-17,23H2,1-7H3/q+1. The summed E-state index contributed by atoms with van der Waals surface area (Å²) in [5.41, 5.74) is 1.35. The Morgan fingerprint density at radius 1 is 1.08 bits per heavy atom. The van der Waals surface area contributed by atoms with Crippen LogP contribution < -0.4 is 9.46 Å². The van der Waals surface area contributed by atoms with Crippen molar-refractivity contribution in [3.8, 4) is 5.75 Å². The molecular weight excluding hydrogens is 709 g/mol. The number of hydrogen-bond acceptors (Lipinski definition) is 5. The summed E-state index contributed by atoms with van der Waals surface area (Å²) in [4.78, 5) is 4.54. The molecule has 1 aliphatic rings. The molecular formula is C36H47Cl2F2N4O3S2+. The van der Waals surface area contributed by atoms with E-state index in [-0.39, 0.29) is 45.6 Å². The van der Waals surface area contributed by atoms with E-state index in [1.807, 2.05) is 23.6 Å². The second kappa shape index (κ2) is 16.3. The van der Waals surface area contributed by atoms with E-state index in [0.717, 1.165) is 48.0 Å². The topological polar surface area (TPSA) is 73.2 Å². The highest BCUT2D eigenvalue weighted by Gasteiger charge is 2.34. The molecule has 0 amide bonds. The average Bonchev–Trinajstić information content (AvgIpc) is 3.49. The smallest absolute Gasteiger partial charge is 0.240 e. The second-order valence-electron chi connectivity index (χ2n) is 13.0. The van der Waals surface area contributed by atoms with Crippen molar-refractivity contribution in [2.24, 2.45) is 5.92 Å². The number of thioether (sulfide) groups is 1. The van der Waals surface area contributed by atoms with Crippen LogP contribution in [0.1, 0.15) is 70.8 Å². The lowest BCUT2D eigenvalue weighted by molar-refractivity contribution is -0.923. The van der Waals surface area contributed by atoms with Crippen molar-refractivity contribution in [1.82, 2.24) is 14.3 Å². The quantitative estimate of drug-likeness (QED) is 0.0898. The summed E-state index contributed by atoms with van der Waals surface area (Å²) in [6.07, 6.45) is 7.26. The summed E-state index contributed by atoms with van der Waals surface area (Å²) in [5.74, 6) is -0.604. The summed E-state index contributed by atoms with van der Waals surface area (Å²) < 4.78 is 67.1. The van der Waals surface area contributed by atoms with Gasteiger partial charge in [0.05, 0.1) is 55.4 Å². The van der Waals surface area contributed by atoms with Gasteiger partial charge in [0, 0.05) is 46.3 Å². The zero-order valence-corrected chi connectivity index (χ0v) is 32.3. The van der Waals surface area contributed by atoms with E-state index in [9.17, 15) is 12.8 Å². The van der Waals surface area contributed by atoms with Gasteiger partial charge in [-0.1, -0.05) is 67.9 Å². The molecule has 1 aromatic heterocycles. The molecule has 2 aromatic carbocycles. The van der Waals surface area contributed by atoms with Gasteiger partial charge in [-0.05, 0) is 62.8 Å². The molecule has 3 aromatic rings. The molecule has 2 unspecified atom stereocenters. The zero-order valence-electron chi connectivity index (χ0n) is 29.2. The van der Waals surface area contributed by atoms with Crippen LogP contribution in [0, 0.1) is 11.7 Å². The normalized spacial score (nSPS) is 17.0. The first-order valence-corrected chi connectivity index (χ1v) is 19.8. The summed E-state index contributed by atoms with van der Waals surface area (Å²) in [6.45, 7) is 16.5. The van der Waals surface area contributed by atoms with E-state index in [1.165, 1.54) is 23.9 Å². The number of hydrogen-bond donors (Lipinski definition) is 1. The Hall–Kier alpha value is -2.41. The van der Waals surface area contributed by atoms with E-state index < -0.39 is 21.3 Å². The van der Waals surface area contributed by atoms with Gasteiger partial charge in [0.25, 0.3) is 0 Å². The number of methoxy groups -OCH3 is 1. The maximum Gasteiger partial charge on any atom is 0.240 e. The lowest BCUT2D eigenvalue weighted by Crippen LogP contribution is -2.48. The third-order valence-corrected chi connectivity index (χ3v) is 13.0. The van der Waals surface area contributed by atoms with Crippen LogP contribution in [-0.4, -0.2) is 62.3 Å². The van der Waals surface area contributed by atoms with Crippen molar-refractivity contribution in [3.05, 3.63) is 93.3 Å². The van der Waals surface area contributed by atoms with Crippen LogP contribution in [0.2, 0.25) is 10.0 Å². The van der Waals surface area contributed by atoms with E-state index in [4.69, 9.17) is 32.9 Å². The number of nitrogens with zero attached hydrogens (tertiary/aromatic N) is 3. The first-order valence-electron chi connectivity index (χ1n) is 16.6. The minimum atomic E-state index is -3.97. The van der Waals surface area contributed by atoms with Gasteiger partial charge in [0.1, 0.15) is 17.4 Å². The predicted octanol–water partition coefficient (Wildman–Crippen LogP) is 9.10. The average molecular weight is 757 g/mol. The lowest BCUT2D eigenvalue weighted by atomic mass is 9.81. The summed E-state index contributed by atoms with van der Waals surface area (Å²) in [7, 11) is -2.41. The number of allylic oxidation sites excluding steroid dienone is 4. The van der Waals surface area contributed by atoms with Crippen molar-refractivity contribution in [3.63, 3.8) is 0 Å². The maximum atomic E-state index is 15.6. The van der Waals surface area contributed by atoms with Crippen LogP contribution in [0.3, 0.4) is 0 Å². The van der Waals surface area contributed by atoms with Gasteiger partial charge < -0.3 is 13.8 Å². The molecule has 0 fully saturated rings. The molecule has 0 radical (unpaired) electrons. The predicted molar refractivity (Wildman–Crippen MR) is 196 cm³/mol. The molecule has 2 atom stereocenters. The second-order valence-corrected chi connectivity index (χ2v) is 16.5. The van der Waals surface area contributed by atoms with Gasteiger partial charge in [-0.2, -0.15) is 0 Å². The Labute approximate surface area is 304 Å². The van der Waals surface area contributed by atoms with Gasteiger partial charge in [0.2, 0.25) is 10.0 Å². The number of benzene rings is 2. The molecule has 7 nitrogen and oxygen atoms in total. The van der Waals surface area contributed by atoms with Gasteiger partial charge in [-0.25, -0.2) is 26.9 Å². The molecule has 1 heterocycles. The largest absolute Gasteiger partial charge is 0.495 e. The molecule has 0 aliphatic heterocycles. The lowest BCUT2D eigenvalue weighted by Gasteiger charge is -2.35. The zero-order chi connectivity index (χ0) is 36.1. The number of rotatable bonds is 16. The minimum absolute atomic E-state index is 0.00867. The highest BCUT2D eigenvalue weighted by Crippen LogP contribution is 2.42. The van der Waals surface area contributed by atoms with Crippen molar-refractivity contribution in [2.75, 3.05) is 39.8 Å². The highest BCUT2D eigenvalue weighted by atomic mass is 35.5. The Morgan fingerprint density at radius 3 is 2.39 bits per heavy atom. The molecule has 0 spiro atoms. The fourth-order valence-corrected chi connectivity index (χ4v) is 9.13. The summed E-state index contributed by atoms with van der Waals surface area (Å²) in [6, 6.07) is 7.64. The first kappa shape index (κ1) is 39.4. The van der Waals surface area contributed by atoms with Gasteiger partial charge in [0.15, 0.2) is 5.16 Å². The van der Waals surface area contributed by atoms with Crippen molar-refractivity contribution in [2.45, 2.75) is 75.2 Å². The van der Waals surface area contributed by atoms with E-state index >= 15 is 4.39 Å². The molecule has 268 valence electrons. The SMILES string of the molecule is CC[N+](CC)(CC)CCCNS(=O)(=O)c1cc(F)c(CSc2ncc(C(C)(C)c3ccc(Cl)c(OC)c3)n2C2C=CC(F)=CC2C)c(Cl)c1. The number of halogens is 4. The van der Waals surface area contributed by atoms with Crippen LogP contribution in [0.4, 0.5) is 8.78 Å². The third-order valence-electron chi connectivity index (χ3n) is 9.87. The first-order chi connectivity index (χ1) is 23.1. The van der Waals surface area contributed by atoms with Crippen molar-refractivity contribution >= 4 is 45.0 Å². The van der Waals surface area contributed by atoms with Crippen LogP contribution >= 0.6 is 35.0 Å². The Balaban J connectivity index is 1.60. The highest BCUT2D eigenvalue weighted by molar-refractivity contribution is 7.98. The number of quaternary nitrogens is 1. The van der Waals surface area contributed by atoms with E-state index in [0.29, 0.717) is 22.3 Å². The minimum Gasteiger partial charge on any atom is -0.495 e. The van der Waals surface area contributed by atoms with Gasteiger partial charge in [-0.15, -0.1) is 0 Å². The van der Waals surface area contributed by atoms with Gasteiger partial charge in [-0.3, -0.25) is 0 Å². The van der Waals surface area contributed by atoms with E-state index in [1.54, 1.807) is 31.5 Å². The van der Waals surface area contributed by atoms with E-state index in [2.05, 4.69) is 39.3 Å². The number of nitrogens with one attached hydrogen (secondary N) is 1. The fraction of sp³-hybridized carbons (Fsp3) is 0.472. The van der Waals surface area contributed by atoms with Crippen LogP contribution in [0.15, 0.2) is 70.6 Å². The maximum absolute atomic E-state index is 15.6. The summed E-state index contributed by atoms with van der Waals surface area (Å²) >= 11 is 14.1. The number of aromatic nitrogens is 2. The third kappa shape index (κ3) is 8.73. The van der Waals surface area contributed by atoms with Crippen molar-refractivity contribution < 1.29 is 26.4 Å². The molecule has 4 rings (SSSR count). The molecule has 13 heteroatoms. The molecule has 1 aliphatic carbocycles. The summed E-state index contributed by atoms with van der Waals surface area (Å²) in [5, 5.41) is 1.08. The van der Waals surface area contributed by atoms with Crippen LogP contribution in [0.25, 0.3) is 0 Å². The number of ether oxygens (including phenoxy) is 1. The molecule has 49 heavy (non-hydrogen) atoms. The molecule has 0 saturated carbocycles.